The van der Waals surface area contributed by atoms with Gasteiger partial charge in [0.25, 0.3) is 0 Å². The van der Waals surface area contributed by atoms with Crippen LogP contribution in [0.15, 0.2) is 60.7 Å². The van der Waals surface area contributed by atoms with Crippen LogP contribution in [0, 0.1) is 0 Å². The van der Waals surface area contributed by atoms with Gasteiger partial charge < -0.3 is 0 Å². The predicted octanol–water partition coefficient (Wildman–Crippen LogP) is 0.580. The van der Waals surface area contributed by atoms with E-state index in [0.29, 0.717) is 0 Å². The first-order valence-corrected chi connectivity index (χ1v) is 6.42. The van der Waals surface area contributed by atoms with Crippen molar-refractivity contribution in [1.82, 2.24) is 0 Å². The number of hydrogen-bond donors (Lipinski definition) is 0. The summed E-state index contributed by atoms with van der Waals surface area (Å²) in [6, 6.07) is 21.5. The normalized spacial score (nSPS) is 8.53. The molecule has 0 aliphatic carbocycles. The fourth-order valence-electron chi connectivity index (χ4n) is 1.21. The molecular weight excluding hydrogens is 263 g/mol. The molecule has 0 saturated carbocycles. The van der Waals surface area contributed by atoms with Crippen molar-refractivity contribution in [1.29, 1.82) is 0 Å². The second-order valence-corrected chi connectivity index (χ2v) is 5.80. The minimum atomic E-state index is -0.108. The monoisotopic (exact) mass is 274 g/mol. The third-order valence-corrected chi connectivity index (χ3v) is 4.45. The Labute approximate surface area is 142 Å². The molecule has 2 aromatic carbocycles. The van der Waals surface area contributed by atoms with E-state index in [0.717, 1.165) is 0 Å². The third-order valence-electron chi connectivity index (χ3n) is 1.84. The van der Waals surface area contributed by atoms with Gasteiger partial charge in [-0.2, -0.15) is 0 Å². The first-order chi connectivity index (χ1) is 6.45. The molecule has 15 heavy (non-hydrogen) atoms. The van der Waals surface area contributed by atoms with Crippen molar-refractivity contribution in [2.75, 3.05) is 0 Å². The second kappa shape index (κ2) is 9.06. The quantitative estimate of drug-likeness (QED) is 0.702. The SMILES string of the molecule is [Na].[Na].c1cc[c]([Ge][c]2ccccc2)cc1. The van der Waals surface area contributed by atoms with Crippen molar-refractivity contribution in [3.8, 4) is 0 Å². The Morgan fingerprint density at radius 1 is 0.533 bits per heavy atom. The van der Waals surface area contributed by atoms with Crippen molar-refractivity contribution in [3.05, 3.63) is 60.7 Å². The molecule has 0 N–H and O–H groups in total. The van der Waals surface area contributed by atoms with Gasteiger partial charge in [0.2, 0.25) is 0 Å². The summed E-state index contributed by atoms with van der Waals surface area (Å²) < 4.78 is 2.99. The second-order valence-electron chi connectivity index (χ2n) is 2.86. The Balaban J connectivity index is 0.000000980. The van der Waals surface area contributed by atoms with E-state index in [2.05, 4.69) is 60.7 Å². The van der Waals surface area contributed by atoms with Gasteiger partial charge in [-0.15, -0.1) is 0 Å². The average Bonchev–Trinajstić information content (AvgIpc) is 2.21. The van der Waals surface area contributed by atoms with Crippen LogP contribution in [0.3, 0.4) is 0 Å². The van der Waals surface area contributed by atoms with Crippen molar-refractivity contribution in [3.63, 3.8) is 0 Å². The van der Waals surface area contributed by atoms with Gasteiger partial charge in [0.15, 0.2) is 0 Å². The van der Waals surface area contributed by atoms with Crippen molar-refractivity contribution >= 4 is 83.3 Å². The molecule has 0 spiro atoms. The van der Waals surface area contributed by atoms with E-state index >= 15 is 0 Å². The van der Waals surface area contributed by atoms with E-state index in [9.17, 15) is 0 Å². The zero-order valence-corrected chi connectivity index (χ0v) is 15.4. The molecule has 0 aromatic heterocycles. The standard InChI is InChI=1S/C12H10Ge.2Na/c1-3-7-11(8-4-1)13-12-9-5-2-6-10-12;;/h1-10H;;. The van der Waals surface area contributed by atoms with E-state index in [1.165, 1.54) is 8.79 Å². The fourth-order valence-corrected chi connectivity index (χ4v) is 3.42. The third kappa shape index (κ3) is 5.74. The van der Waals surface area contributed by atoms with Gasteiger partial charge in [-0.3, -0.25) is 0 Å². The van der Waals surface area contributed by atoms with Gasteiger partial charge in [-0.05, 0) is 0 Å². The van der Waals surface area contributed by atoms with Crippen molar-refractivity contribution < 1.29 is 0 Å². The first kappa shape index (κ1) is 16.0. The van der Waals surface area contributed by atoms with Gasteiger partial charge in [0, 0.05) is 59.1 Å². The van der Waals surface area contributed by atoms with E-state index < -0.39 is 0 Å². The van der Waals surface area contributed by atoms with Gasteiger partial charge >= 0.3 is 84.9 Å². The average molecular weight is 273 g/mol. The molecular formula is C12H10GeNa2. The molecule has 2 rings (SSSR count). The van der Waals surface area contributed by atoms with Crippen LogP contribution in [0.2, 0.25) is 0 Å². The number of rotatable bonds is 2. The Morgan fingerprint density at radius 2 is 0.867 bits per heavy atom. The zero-order chi connectivity index (χ0) is 8.93. The maximum absolute atomic E-state index is 2.22. The summed E-state index contributed by atoms with van der Waals surface area (Å²) in [5.74, 6) is 0. The molecule has 0 bridgehead atoms. The van der Waals surface area contributed by atoms with Gasteiger partial charge in [-0.1, -0.05) is 0 Å². The molecule has 0 saturated heterocycles. The predicted molar refractivity (Wildman–Crippen MR) is 69.4 cm³/mol. The topological polar surface area (TPSA) is 0 Å². The summed E-state index contributed by atoms with van der Waals surface area (Å²) in [5, 5.41) is 0. The van der Waals surface area contributed by atoms with Gasteiger partial charge in [-0.25, -0.2) is 0 Å². The summed E-state index contributed by atoms with van der Waals surface area (Å²) in [6.07, 6.45) is 0. The van der Waals surface area contributed by atoms with Crippen LogP contribution < -0.4 is 8.79 Å². The molecule has 0 nitrogen and oxygen atoms in total. The summed E-state index contributed by atoms with van der Waals surface area (Å²) in [4.78, 5) is 0. The van der Waals surface area contributed by atoms with E-state index in [1.807, 2.05) is 0 Å². The van der Waals surface area contributed by atoms with Crippen LogP contribution in [0.1, 0.15) is 0 Å². The van der Waals surface area contributed by atoms with Crippen LogP contribution in [-0.2, 0) is 0 Å². The first-order valence-electron chi connectivity index (χ1n) is 4.32. The Kier molecular flexibility index (Phi) is 9.65. The summed E-state index contributed by atoms with van der Waals surface area (Å²) >= 11 is -0.108. The molecule has 0 amide bonds. The molecule has 64 valence electrons. The van der Waals surface area contributed by atoms with E-state index in [-0.39, 0.29) is 74.5 Å². The van der Waals surface area contributed by atoms with Gasteiger partial charge in [0.1, 0.15) is 0 Å². The Morgan fingerprint density at radius 3 is 1.20 bits per heavy atom. The van der Waals surface area contributed by atoms with Crippen LogP contribution in [-0.4, -0.2) is 74.5 Å². The van der Waals surface area contributed by atoms with Gasteiger partial charge in [0.05, 0.1) is 0 Å². The molecule has 0 heterocycles. The Bertz CT molecular complexity index is 324. The summed E-state index contributed by atoms with van der Waals surface area (Å²) in [6.45, 7) is 0. The fraction of sp³-hybridized carbons (Fsp3) is 0. The molecule has 0 unspecified atom stereocenters. The maximum atomic E-state index is 2.22. The summed E-state index contributed by atoms with van der Waals surface area (Å²) in [5.41, 5.74) is 0. The molecule has 0 fully saturated rings. The molecule has 0 aliphatic rings. The molecule has 3 heteroatoms. The zero-order valence-electron chi connectivity index (χ0n) is 9.27. The molecule has 2 aromatic rings. The number of hydrogen-bond acceptors (Lipinski definition) is 0. The molecule has 4 radical (unpaired) electrons. The minimum absolute atomic E-state index is 0. The number of benzene rings is 2. The van der Waals surface area contributed by atoms with Crippen LogP contribution in [0.5, 0.6) is 0 Å². The molecule has 0 aliphatic heterocycles. The van der Waals surface area contributed by atoms with E-state index in [1.54, 1.807) is 0 Å². The van der Waals surface area contributed by atoms with Crippen LogP contribution in [0.4, 0.5) is 0 Å². The van der Waals surface area contributed by atoms with E-state index in [4.69, 9.17) is 0 Å². The van der Waals surface area contributed by atoms with Crippen LogP contribution in [0.25, 0.3) is 0 Å². The summed E-state index contributed by atoms with van der Waals surface area (Å²) in [7, 11) is 0. The Hall–Kier alpha value is 0.983. The molecule has 0 atom stereocenters. The van der Waals surface area contributed by atoms with Crippen molar-refractivity contribution in [2.24, 2.45) is 0 Å². The van der Waals surface area contributed by atoms with Crippen LogP contribution >= 0.6 is 0 Å². The van der Waals surface area contributed by atoms with Crippen molar-refractivity contribution in [2.45, 2.75) is 0 Å².